The molecular formula is C4H6N2O. The lowest BCUT2D eigenvalue weighted by Gasteiger charge is -1.90. The molecule has 1 saturated heterocycles. The van der Waals surface area contributed by atoms with Gasteiger partial charge >= 0.3 is 0 Å². The standard InChI is InChI=1S/C4H6N2O/c5-3-4-1-2-6-7-4/h4,6H,1-2H2. The Kier molecular flexibility index (Phi) is 1.25. The number of nitriles is 1. The van der Waals surface area contributed by atoms with Crippen LogP contribution < -0.4 is 5.48 Å². The Balaban J connectivity index is 2.31. The highest BCUT2D eigenvalue weighted by atomic mass is 16.7. The zero-order valence-corrected chi connectivity index (χ0v) is 3.85. The zero-order chi connectivity index (χ0) is 5.11. The highest BCUT2D eigenvalue weighted by molar-refractivity contribution is 4.85. The Morgan fingerprint density at radius 1 is 1.86 bits per heavy atom. The van der Waals surface area contributed by atoms with E-state index >= 15 is 0 Å². The molecule has 0 bridgehead atoms. The van der Waals surface area contributed by atoms with Crippen molar-refractivity contribution in [1.29, 1.82) is 5.26 Å². The van der Waals surface area contributed by atoms with Gasteiger partial charge in [0.05, 0.1) is 6.07 Å². The maximum absolute atomic E-state index is 8.15. The van der Waals surface area contributed by atoms with E-state index in [-0.39, 0.29) is 6.10 Å². The molecule has 1 N–H and O–H groups in total. The first-order valence-corrected chi connectivity index (χ1v) is 2.21. The molecule has 0 aliphatic carbocycles. The molecule has 0 spiro atoms. The third-order valence-electron chi connectivity index (χ3n) is 0.878. The number of hydrogen-bond donors (Lipinski definition) is 1. The Hall–Kier alpha value is -0.590. The van der Waals surface area contributed by atoms with Crippen LogP contribution in [0.25, 0.3) is 0 Å². The number of nitrogens with zero attached hydrogens (tertiary/aromatic N) is 1. The summed E-state index contributed by atoms with van der Waals surface area (Å²) < 4.78 is 0. The lowest BCUT2D eigenvalue weighted by Crippen LogP contribution is -2.06. The van der Waals surface area contributed by atoms with Crippen LogP contribution in [0.2, 0.25) is 0 Å². The summed E-state index contributed by atoms with van der Waals surface area (Å²) in [5.41, 5.74) is 2.60. The van der Waals surface area contributed by atoms with Crippen molar-refractivity contribution in [2.45, 2.75) is 12.5 Å². The quantitative estimate of drug-likeness (QED) is 0.456. The number of rotatable bonds is 0. The van der Waals surface area contributed by atoms with Gasteiger partial charge < -0.3 is 0 Å². The third-order valence-corrected chi connectivity index (χ3v) is 0.878. The van der Waals surface area contributed by atoms with Crippen molar-refractivity contribution < 1.29 is 4.84 Å². The largest absolute Gasteiger partial charge is 0.283 e. The number of nitrogens with one attached hydrogen (secondary N) is 1. The number of hydrogen-bond acceptors (Lipinski definition) is 3. The van der Waals surface area contributed by atoms with Gasteiger partial charge in [0, 0.05) is 13.0 Å². The van der Waals surface area contributed by atoms with Crippen molar-refractivity contribution in [3.63, 3.8) is 0 Å². The fourth-order valence-electron chi connectivity index (χ4n) is 0.499. The van der Waals surface area contributed by atoms with Crippen molar-refractivity contribution in [3.05, 3.63) is 0 Å². The first-order valence-electron chi connectivity index (χ1n) is 2.21. The third kappa shape index (κ3) is 0.889. The topological polar surface area (TPSA) is 45.0 Å². The smallest absolute Gasteiger partial charge is 0.166 e. The molecule has 0 amide bonds. The van der Waals surface area contributed by atoms with E-state index in [0.29, 0.717) is 0 Å². The zero-order valence-electron chi connectivity index (χ0n) is 3.85. The maximum Gasteiger partial charge on any atom is 0.166 e. The molecule has 1 aliphatic rings. The summed E-state index contributed by atoms with van der Waals surface area (Å²) >= 11 is 0. The minimum absolute atomic E-state index is 0.208. The molecule has 0 aromatic heterocycles. The summed E-state index contributed by atoms with van der Waals surface area (Å²) in [7, 11) is 0. The fraction of sp³-hybridized carbons (Fsp3) is 0.750. The Labute approximate surface area is 41.8 Å². The average Bonchev–Trinajstić information content (AvgIpc) is 2.14. The van der Waals surface area contributed by atoms with Crippen molar-refractivity contribution in [2.24, 2.45) is 0 Å². The monoisotopic (exact) mass is 98.0 g/mol. The average molecular weight is 98.1 g/mol. The van der Waals surface area contributed by atoms with E-state index in [0.717, 1.165) is 13.0 Å². The van der Waals surface area contributed by atoms with Crippen LogP contribution in [-0.2, 0) is 4.84 Å². The van der Waals surface area contributed by atoms with E-state index in [2.05, 4.69) is 5.48 Å². The summed E-state index contributed by atoms with van der Waals surface area (Å²) in [6.45, 7) is 0.804. The van der Waals surface area contributed by atoms with E-state index in [9.17, 15) is 0 Å². The molecular weight excluding hydrogens is 92.1 g/mol. The lowest BCUT2D eigenvalue weighted by molar-refractivity contribution is 0.0650. The molecule has 0 aromatic rings. The van der Waals surface area contributed by atoms with Crippen molar-refractivity contribution >= 4 is 0 Å². The molecule has 3 nitrogen and oxygen atoms in total. The summed E-state index contributed by atoms with van der Waals surface area (Å²) in [5.74, 6) is 0. The first-order chi connectivity index (χ1) is 3.43. The minimum atomic E-state index is -0.208. The van der Waals surface area contributed by atoms with E-state index in [1.54, 1.807) is 0 Å². The predicted octanol–water partition coefficient (Wildman–Crippen LogP) is -0.197. The lowest BCUT2D eigenvalue weighted by atomic mass is 10.3. The summed E-state index contributed by atoms with van der Waals surface area (Å²) in [4.78, 5) is 4.69. The molecule has 0 saturated carbocycles. The van der Waals surface area contributed by atoms with Gasteiger partial charge in [0.1, 0.15) is 0 Å². The van der Waals surface area contributed by atoms with Gasteiger partial charge in [0.15, 0.2) is 6.10 Å². The molecule has 0 aromatic carbocycles. The molecule has 1 aliphatic heterocycles. The van der Waals surface area contributed by atoms with Crippen LogP contribution in [0.5, 0.6) is 0 Å². The SMILES string of the molecule is N#CC1CCNO1. The predicted molar refractivity (Wildman–Crippen MR) is 23.1 cm³/mol. The van der Waals surface area contributed by atoms with Crippen molar-refractivity contribution in [1.82, 2.24) is 5.48 Å². The van der Waals surface area contributed by atoms with Gasteiger partial charge in [-0.25, -0.2) is 5.48 Å². The van der Waals surface area contributed by atoms with Crippen LogP contribution >= 0.6 is 0 Å². The van der Waals surface area contributed by atoms with E-state index in [4.69, 9.17) is 10.1 Å². The molecule has 1 heterocycles. The molecule has 1 rings (SSSR count). The Bertz CT molecular complexity index is 90.4. The summed E-state index contributed by atoms with van der Waals surface area (Å²) in [6, 6.07) is 1.98. The van der Waals surface area contributed by atoms with Crippen molar-refractivity contribution in [2.75, 3.05) is 6.54 Å². The van der Waals surface area contributed by atoms with Crippen LogP contribution in [-0.4, -0.2) is 12.6 Å². The van der Waals surface area contributed by atoms with Gasteiger partial charge in [-0.1, -0.05) is 0 Å². The molecule has 0 radical (unpaired) electrons. The van der Waals surface area contributed by atoms with Gasteiger partial charge in [-0.05, 0) is 0 Å². The maximum atomic E-state index is 8.15. The van der Waals surface area contributed by atoms with Crippen molar-refractivity contribution in [3.8, 4) is 6.07 Å². The second-order valence-corrected chi connectivity index (χ2v) is 1.42. The highest BCUT2D eigenvalue weighted by Gasteiger charge is 2.12. The molecule has 3 heteroatoms. The second-order valence-electron chi connectivity index (χ2n) is 1.42. The van der Waals surface area contributed by atoms with E-state index < -0.39 is 0 Å². The second kappa shape index (κ2) is 1.92. The van der Waals surface area contributed by atoms with Crippen LogP contribution in [0.15, 0.2) is 0 Å². The van der Waals surface area contributed by atoms with Crippen LogP contribution in [0, 0.1) is 11.3 Å². The summed E-state index contributed by atoms with van der Waals surface area (Å²) in [5, 5.41) is 8.15. The molecule has 1 fully saturated rings. The first kappa shape index (κ1) is 4.57. The van der Waals surface area contributed by atoms with Crippen LogP contribution in [0.3, 0.4) is 0 Å². The normalized spacial score (nSPS) is 29.9. The number of hydroxylamine groups is 1. The van der Waals surface area contributed by atoms with Gasteiger partial charge in [0.25, 0.3) is 0 Å². The molecule has 7 heavy (non-hydrogen) atoms. The van der Waals surface area contributed by atoms with Gasteiger partial charge in [-0.2, -0.15) is 5.26 Å². The van der Waals surface area contributed by atoms with Gasteiger partial charge in [-0.15, -0.1) is 0 Å². The molecule has 1 atom stereocenters. The van der Waals surface area contributed by atoms with Crippen LogP contribution in [0.1, 0.15) is 6.42 Å². The minimum Gasteiger partial charge on any atom is -0.283 e. The highest BCUT2D eigenvalue weighted by Crippen LogP contribution is 1.98. The molecule has 1 unspecified atom stereocenters. The van der Waals surface area contributed by atoms with E-state index in [1.165, 1.54) is 0 Å². The van der Waals surface area contributed by atoms with Gasteiger partial charge in [0.2, 0.25) is 0 Å². The van der Waals surface area contributed by atoms with E-state index in [1.807, 2.05) is 6.07 Å². The molecule has 38 valence electrons. The Morgan fingerprint density at radius 3 is 3.00 bits per heavy atom. The Morgan fingerprint density at radius 2 is 2.71 bits per heavy atom. The van der Waals surface area contributed by atoms with Gasteiger partial charge in [-0.3, -0.25) is 4.84 Å². The fourth-order valence-corrected chi connectivity index (χ4v) is 0.499. The summed E-state index contributed by atoms with van der Waals surface area (Å²) in [6.07, 6.45) is 0.608. The van der Waals surface area contributed by atoms with Crippen LogP contribution in [0.4, 0.5) is 0 Å².